The van der Waals surface area contributed by atoms with Gasteiger partial charge in [-0.3, -0.25) is 0 Å². The minimum Gasteiger partial charge on any atom is -0.372 e. The number of morpholine rings is 1. The summed E-state index contributed by atoms with van der Waals surface area (Å²) >= 11 is 0. The first kappa shape index (κ1) is 14.3. The number of hydrogen-bond acceptors (Lipinski definition) is 2. The van der Waals surface area contributed by atoms with Gasteiger partial charge in [-0.15, -0.1) is 0 Å². The molecule has 0 aromatic heterocycles. The van der Waals surface area contributed by atoms with Crippen LogP contribution in [0.3, 0.4) is 0 Å². The minimum atomic E-state index is 0.160. The maximum atomic E-state index is 6.24. The van der Waals surface area contributed by atoms with E-state index in [4.69, 9.17) is 4.74 Å². The van der Waals surface area contributed by atoms with Crippen molar-refractivity contribution < 1.29 is 4.74 Å². The fourth-order valence-corrected chi connectivity index (χ4v) is 3.96. The zero-order valence-corrected chi connectivity index (χ0v) is 12.7. The molecule has 2 heteroatoms. The van der Waals surface area contributed by atoms with Gasteiger partial charge in [-0.2, -0.15) is 0 Å². The number of ether oxygens (including phenoxy) is 1. The molecule has 0 aromatic rings. The van der Waals surface area contributed by atoms with Crippen LogP contribution in [0.4, 0.5) is 0 Å². The second-order valence-corrected chi connectivity index (χ2v) is 6.94. The molecular weight excluding hydrogens is 222 g/mol. The third-order valence-electron chi connectivity index (χ3n) is 5.77. The number of nitrogens with one attached hydrogen (secondary N) is 1. The van der Waals surface area contributed by atoms with Gasteiger partial charge in [0.05, 0.1) is 12.2 Å². The Hall–Kier alpha value is -0.0800. The first-order chi connectivity index (χ1) is 8.54. The summed E-state index contributed by atoms with van der Waals surface area (Å²) in [5.74, 6) is 0.885. The summed E-state index contributed by atoms with van der Waals surface area (Å²) in [5, 5.41) is 3.67. The molecule has 1 saturated carbocycles. The fourth-order valence-electron chi connectivity index (χ4n) is 3.96. The molecule has 1 atom stereocenters. The SMILES string of the molecule is CCC1NCCOC12CCC(C(C)(C)CC)CC2. The molecule has 1 unspecified atom stereocenters. The average Bonchev–Trinajstić information content (AvgIpc) is 2.40. The van der Waals surface area contributed by atoms with Gasteiger partial charge in [0.1, 0.15) is 0 Å². The monoisotopic (exact) mass is 253 g/mol. The molecule has 106 valence electrons. The van der Waals surface area contributed by atoms with Crippen molar-refractivity contribution >= 4 is 0 Å². The van der Waals surface area contributed by atoms with Crippen LogP contribution < -0.4 is 5.32 Å². The molecule has 1 heterocycles. The largest absolute Gasteiger partial charge is 0.372 e. The predicted molar refractivity (Wildman–Crippen MR) is 76.8 cm³/mol. The van der Waals surface area contributed by atoms with Crippen LogP contribution in [0.15, 0.2) is 0 Å². The molecule has 1 aliphatic heterocycles. The summed E-state index contributed by atoms with van der Waals surface area (Å²) in [6, 6.07) is 0.580. The van der Waals surface area contributed by atoms with Crippen LogP contribution in [0.1, 0.15) is 66.2 Å². The van der Waals surface area contributed by atoms with Gasteiger partial charge in [-0.1, -0.05) is 34.1 Å². The summed E-state index contributed by atoms with van der Waals surface area (Å²) < 4.78 is 6.24. The molecule has 1 spiro atoms. The van der Waals surface area contributed by atoms with Crippen molar-refractivity contribution in [1.82, 2.24) is 5.32 Å². The van der Waals surface area contributed by atoms with Crippen LogP contribution in [-0.4, -0.2) is 24.8 Å². The molecule has 1 N–H and O–H groups in total. The second kappa shape index (κ2) is 5.50. The Kier molecular flexibility index (Phi) is 4.38. The standard InChI is InChI=1S/C16H31NO/c1-5-14-16(18-12-11-17-14)9-7-13(8-10-16)15(3,4)6-2/h13-14,17H,5-12H2,1-4H3. The lowest BCUT2D eigenvalue weighted by Gasteiger charge is -2.50. The topological polar surface area (TPSA) is 21.3 Å². The van der Waals surface area contributed by atoms with Crippen LogP contribution in [-0.2, 0) is 4.74 Å². The molecule has 18 heavy (non-hydrogen) atoms. The summed E-state index contributed by atoms with van der Waals surface area (Å²) in [5.41, 5.74) is 0.665. The maximum absolute atomic E-state index is 6.24. The van der Waals surface area contributed by atoms with Crippen LogP contribution in [0.25, 0.3) is 0 Å². The van der Waals surface area contributed by atoms with Crippen molar-refractivity contribution in [3.05, 3.63) is 0 Å². The van der Waals surface area contributed by atoms with Crippen molar-refractivity contribution in [2.75, 3.05) is 13.2 Å². The zero-order valence-electron chi connectivity index (χ0n) is 12.7. The Balaban J connectivity index is 2.00. The lowest BCUT2D eigenvalue weighted by Crippen LogP contribution is -2.59. The summed E-state index contributed by atoms with van der Waals surface area (Å²) in [6.45, 7) is 11.4. The quantitative estimate of drug-likeness (QED) is 0.827. The molecular formula is C16H31NO. The first-order valence-corrected chi connectivity index (χ1v) is 7.91. The van der Waals surface area contributed by atoms with Gasteiger partial charge in [0.25, 0.3) is 0 Å². The van der Waals surface area contributed by atoms with Crippen molar-refractivity contribution in [2.45, 2.75) is 77.9 Å². The molecule has 1 saturated heterocycles. The smallest absolute Gasteiger partial charge is 0.0835 e. The lowest BCUT2D eigenvalue weighted by atomic mass is 9.64. The Morgan fingerprint density at radius 1 is 1.22 bits per heavy atom. The van der Waals surface area contributed by atoms with E-state index in [1.165, 1.54) is 38.5 Å². The highest BCUT2D eigenvalue weighted by Gasteiger charge is 2.45. The highest BCUT2D eigenvalue weighted by molar-refractivity contribution is 5.00. The van der Waals surface area contributed by atoms with Crippen LogP contribution in [0.2, 0.25) is 0 Å². The normalized spacial score (nSPS) is 38.0. The van der Waals surface area contributed by atoms with Gasteiger partial charge in [-0.25, -0.2) is 0 Å². The third-order valence-corrected chi connectivity index (χ3v) is 5.77. The van der Waals surface area contributed by atoms with Crippen molar-refractivity contribution in [1.29, 1.82) is 0 Å². The van der Waals surface area contributed by atoms with Crippen LogP contribution in [0.5, 0.6) is 0 Å². The predicted octanol–water partition coefficient (Wildman–Crippen LogP) is 3.75. The molecule has 0 aromatic carbocycles. The molecule has 2 rings (SSSR count). The van der Waals surface area contributed by atoms with E-state index in [1.54, 1.807) is 0 Å². The highest BCUT2D eigenvalue weighted by atomic mass is 16.5. The summed E-state index contributed by atoms with van der Waals surface area (Å²) in [7, 11) is 0. The molecule has 2 aliphatic rings. The van der Waals surface area contributed by atoms with Crippen LogP contribution in [0, 0.1) is 11.3 Å². The highest BCUT2D eigenvalue weighted by Crippen LogP contribution is 2.46. The molecule has 2 fully saturated rings. The molecule has 0 amide bonds. The van der Waals surface area contributed by atoms with Crippen molar-refractivity contribution in [3.8, 4) is 0 Å². The van der Waals surface area contributed by atoms with E-state index in [9.17, 15) is 0 Å². The van der Waals surface area contributed by atoms with E-state index in [1.807, 2.05) is 0 Å². The molecule has 2 nitrogen and oxygen atoms in total. The van der Waals surface area contributed by atoms with E-state index in [2.05, 4.69) is 33.0 Å². The van der Waals surface area contributed by atoms with Gasteiger partial charge in [0.2, 0.25) is 0 Å². The van der Waals surface area contributed by atoms with E-state index in [0.717, 1.165) is 19.1 Å². The van der Waals surface area contributed by atoms with Gasteiger partial charge in [-0.05, 0) is 43.4 Å². The molecule has 0 bridgehead atoms. The lowest BCUT2D eigenvalue weighted by molar-refractivity contribution is -0.131. The molecule has 0 radical (unpaired) electrons. The fraction of sp³-hybridized carbons (Fsp3) is 1.00. The van der Waals surface area contributed by atoms with Gasteiger partial charge < -0.3 is 10.1 Å². The Bertz CT molecular complexity index is 266. The Labute approximate surface area is 113 Å². The van der Waals surface area contributed by atoms with E-state index < -0.39 is 0 Å². The molecule has 1 aliphatic carbocycles. The Morgan fingerprint density at radius 3 is 2.44 bits per heavy atom. The summed E-state index contributed by atoms with van der Waals surface area (Å²) in [6.07, 6.45) is 7.69. The summed E-state index contributed by atoms with van der Waals surface area (Å²) in [4.78, 5) is 0. The third kappa shape index (κ3) is 2.60. The maximum Gasteiger partial charge on any atom is 0.0835 e. The minimum absolute atomic E-state index is 0.160. The van der Waals surface area contributed by atoms with Gasteiger partial charge >= 0.3 is 0 Å². The van der Waals surface area contributed by atoms with E-state index in [-0.39, 0.29) is 5.60 Å². The number of rotatable bonds is 3. The first-order valence-electron chi connectivity index (χ1n) is 7.91. The zero-order chi connectivity index (χ0) is 13.2. The van der Waals surface area contributed by atoms with Gasteiger partial charge in [0.15, 0.2) is 0 Å². The van der Waals surface area contributed by atoms with Crippen molar-refractivity contribution in [3.63, 3.8) is 0 Å². The number of hydrogen-bond donors (Lipinski definition) is 1. The average molecular weight is 253 g/mol. The van der Waals surface area contributed by atoms with Crippen LogP contribution >= 0.6 is 0 Å². The van der Waals surface area contributed by atoms with E-state index in [0.29, 0.717) is 11.5 Å². The Morgan fingerprint density at radius 2 is 1.89 bits per heavy atom. The van der Waals surface area contributed by atoms with Gasteiger partial charge in [0, 0.05) is 12.6 Å². The van der Waals surface area contributed by atoms with E-state index >= 15 is 0 Å². The van der Waals surface area contributed by atoms with Crippen molar-refractivity contribution in [2.24, 2.45) is 11.3 Å². The second-order valence-electron chi connectivity index (χ2n) is 6.94.